The topological polar surface area (TPSA) is 104 Å². The Kier molecular flexibility index (Phi) is 6.31. The van der Waals surface area contributed by atoms with Gasteiger partial charge in [0, 0.05) is 17.8 Å². The Labute approximate surface area is 193 Å². The van der Waals surface area contributed by atoms with Crippen LogP contribution in [0.1, 0.15) is 34.7 Å². The molecule has 3 aromatic carbocycles. The first-order chi connectivity index (χ1) is 15.7. The highest BCUT2D eigenvalue weighted by molar-refractivity contribution is 7.89. The molecule has 1 aliphatic heterocycles. The number of sulfonamides is 1. The molecule has 0 unspecified atom stereocenters. The van der Waals surface area contributed by atoms with Crippen molar-refractivity contribution in [2.45, 2.75) is 37.6 Å². The Morgan fingerprint density at radius 2 is 1.73 bits per heavy atom. The van der Waals surface area contributed by atoms with Crippen LogP contribution in [0, 0.1) is 13.8 Å². The van der Waals surface area contributed by atoms with Crippen LogP contribution in [0.2, 0.25) is 0 Å². The highest BCUT2D eigenvalue weighted by atomic mass is 32.2. The van der Waals surface area contributed by atoms with Crippen molar-refractivity contribution in [3.8, 4) is 0 Å². The van der Waals surface area contributed by atoms with Crippen molar-refractivity contribution in [3.05, 3.63) is 89.0 Å². The van der Waals surface area contributed by atoms with Crippen molar-refractivity contribution in [2.75, 3.05) is 10.6 Å². The summed E-state index contributed by atoms with van der Waals surface area (Å²) in [6.07, 6.45) is 0.759. The molecule has 7 nitrogen and oxygen atoms in total. The minimum Gasteiger partial charge on any atom is -0.326 e. The lowest BCUT2D eigenvalue weighted by Crippen LogP contribution is -2.37. The largest absolute Gasteiger partial charge is 0.326 e. The lowest BCUT2D eigenvalue weighted by atomic mass is 10.0. The van der Waals surface area contributed by atoms with Gasteiger partial charge < -0.3 is 10.6 Å². The zero-order valence-electron chi connectivity index (χ0n) is 18.4. The average Bonchev–Trinajstić information content (AvgIpc) is 2.80. The molecule has 1 heterocycles. The number of rotatable bonds is 6. The molecule has 0 aromatic heterocycles. The van der Waals surface area contributed by atoms with E-state index < -0.39 is 22.0 Å². The summed E-state index contributed by atoms with van der Waals surface area (Å²) < 4.78 is 29.1. The highest BCUT2D eigenvalue weighted by Gasteiger charge is 2.28. The zero-order chi connectivity index (χ0) is 23.6. The van der Waals surface area contributed by atoms with Crippen molar-refractivity contribution in [1.29, 1.82) is 0 Å². The van der Waals surface area contributed by atoms with Gasteiger partial charge in [-0.15, -0.1) is 0 Å². The first-order valence-corrected chi connectivity index (χ1v) is 12.1. The van der Waals surface area contributed by atoms with E-state index in [9.17, 15) is 18.0 Å². The first-order valence-electron chi connectivity index (χ1n) is 10.6. The maximum Gasteiger partial charge on any atom is 0.247 e. The summed E-state index contributed by atoms with van der Waals surface area (Å²) in [6, 6.07) is 17.7. The molecular formula is C25H25N3O4S. The third-order valence-corrected chi connectivity index (χ3v) is 7.23. The van der Waals surface area contributed by atoms with Gasteiger partial charge in [0.2, 0.25) is 21.8 Å². The minimum atomic E-state index is -4.03. The molecule has 0 saturated carbocycles. The van der Waals surface area contributed by atoms with Gasteiger partial charge >= 0.3 is 0 Å². The molecule has 0 saturated heterocycles. The van der Waals surface area contributed by atoms with Gasteiger partial charge in [-0.1, -0.05) is 42.5 Å². The Bertz CT molecular complexity index is 1320. The lowest BCUT2D eigenvalue weighted by Gasteiger charge is -2.21. The molecule has 33 heavy (non-hydrogen) atoms. The first kappa shape index (κ1) is 22.7. The lowest BCUT2D eigenvalue weighted by molar-refractivity contribution is -0.118. The van der Waals surface area contributed by atoms with E-state index >= 15 is 0 Å². The Morgan fingerprint density at radius 3 is 2.48 bits per heavy atom. The van der Waals surface area contributed by atoms with E-state index in [1.165, 1.54) is 6.07 Å². The summed E-state index contributed by atoms with van der Waals surface area (Å²) in [5.74, 6) is -0.577. The van der Waals surface area contributed by atoms with E-state index in [2.05, 4.69) is 15.4 Å². The van der Waals surface area contributed by atoms with Gasteiger partial charge in [0.05, 0.1) is 4.90 Å². The zero-order valence-corrected chi connectivity index (χ0v) is 19.2. The van der Waals surface area contributed by atoms with Crippen molar-refractivity contribution < 1.29 is 18.0 Å². The summed E-state index contributed by atoms with van der Waals surface area (Å²) >= 11 is 0. The second-order valence-electron chi connectivity index (χ2n) is 8.07. The number of anilines is 2. The second-order valence-corrected chi connectivity index (χ2v) is 9.78. The van der Waals surface area contributed by atoms with Crippen molar-refractivity contribution in [2.24, 2.45) is 0 Å². The summed E-state index contributed by atoms with van der Waals surface area (Å²) in [5, 5.41) is 5.61. The monoisotopic (exact) mass is 463 g/mol. The molecule has 2 amide bonds. The molecule has 0 radical (unpaired) electrons. The van der Waals surface area contributed by atoms with Gasteiger partial charge in [-0.3, -0.25) is 9.59 Å². The normalized spacial score (nSPS) is 14.2. The number of hydrogen-bond acceptors (Lipinski definition) is 4. The predicted molar refractivity (Wildman–Crippen MR) is 127 cm³/mol. The van der Waals surface area contributed by atoms with Crippen LogP contribution in [0.25, 0.3) is 0 Å². The highest BCUT2D eigenvalue weighted by Crippen LogP contribution is 2.27. The Morgan fingerprint density at radius 1 is 0.970 bits per heavy atom. The van der Waals surface area contributed by atoms with Crippen molar-refractivity contribution >= 4 is 33.2 Å². The van der Waals surface area contributed by atoms with Crippen LogP contribution in [-0.4, -0.2) is 20.2 Å². The van der Waals surface area contributed by atoms with E-state index in [-0.39, 0.29) is 10.8 Å². The second kappa shape index (κ2) is 9.17. The van der Waals surface area contributed by atoms with Crippen LogP contribution in [0.5, 0.6) is 0 Å². The van der Waals surface area contributed by atoms with E-state index in [1.807, 2.05) is 26.0 Å². The SMILES string of the molecule is Cc1cccc(NC(=O)[C@H](NS(=O)(=O)c2ccc3c(c2)CCC(=O)N3)c2ccccc2)c1C. The molecule has 0 spiro atoms. The van der Waals surface area contributed by atoms with Crippen LogP contribution in [0.3, 0.4) is 0 Å². The molecule has 0 aliphatic carbocycles. The number of nitrogens with one attached hydrogen (secondary N) is 3. The summed E-state index contributed by atoms with van der Waals surface area (Å²) in [5.41, 5.74) is 4.44. The van der Waals surface area contributed by atoms with Crippen LogP contribution < -0.4 is 15.4 Å². The number of carbonyl (C=O) groups excluding carboxylic acids is 2. The van der Waals surface area contributed by atoms with Gasteiger partial charge in [-0.05, 0) is 66.8 Å². The van der Waals surface area contributed by atoms with Gasteiger partial charge in [0.25, 0.3) is 0 Å². The third kappa shape index (κ3) is 4.97. The maximum atomic E-state index is 13.3. The van der Waals surface area contributed by atoms with Gasteiger partial charge in [-0.25, -0.2) is 8.42 Å². The molecule has 3 N–H and O–H groups in total. The number of benzene rings is 3. The van der Waals surface area contributed by atoms with Crippen LogP contribution in [0.15, 0.2) is 71.6 Å². The van der Waals surface area contributed by atoms with E-state index in [0.717, 1.165) is 16.7 Å². The average molecular weight is 464 g/mol. The van der Waals surface area contributed by atoms with Gasteiger partial charge in [0.1, 0.15) is 6.04 Å². The van der Waals surface area contributed by atoms with Crippen molar-refractivity contribution in [3.63, 3.8) is 0 Å². The number of fused-ring (bicyclic) bond motifs is 1. The molecule has 1 aliphatic rings. The molecule has 0 bridgehead atoms. The van der Waals surface area contributed by atoms with Gasteiger partial charge in [0.15, 0.2) is 0 Å². The van der Waals surface area contributed by atoms with Crippen molar-refractivity contribution in [1.82, 2.24) is 4.72 Å². The minimum absolute atomic E-state index is 0.0397. The summed E-state index contributed by atoms with van der Waals surface area (Å²) in [6.45, 7) is 3.85. The number of hydrogen-bond donors (Lipinski definition) is 3. The predicted octanol–water partition coefficient (Wildman–Crippen LogP) is 3.85. The fraction of sp³-hybridized carbons (Fsp3) is 0.200. The summed E-state index contributed by atoms with van der Waals surface area (Å²) in [7, 11) is -4.03. The third-order valence-electron chi connectivity index (χ3n) is 5.81. The number of aryl methyl sites for hydroxylation is 2. The fourth-order valence-corrected chi connectivity index (χ4v) is 4.99. The quantitative estimate of drug-likeness (QED) is 0.516. The molecule has 0 fully saturated rings. The standard InChI is InChI=1S/C25H25N3O4S/c1-16-7-6-10-21(17(16)2)27-25(30)24(18-8-4-3-5-9-18)28-33(31,32)20-12-13-22-19(15-20)11-14-23(29)26-22/h3-10,12-13,15,24,28H,11,14H2,1-2H3,(H,26,29)(H,27,30)/t24-/m1/s1. The summed E-state index contributed by atoms with van der Waals surface area (Å²) in [4.78, 5) is 24.9. The Balaban J connectivity index is 1.65. The van der Waals surface area contributed by atoms with Crippen LogP contribution in [-0.2, 0) is 26.0 Å². The van der Waals surface area contributed by atoms with E-state index in [1.54, 1.807) is 48.5 Å². The van der Waals surface area contributed by atoms with Crippen LogP contribution >= 0.6 is 0 Å². The molecule has 170 valence electrons. The fourth-order valence-electron chi connectivity index (χ4n) is 3.76. The van der Waals surface area contributed by atoms with Gasteiger partial charge in [-0.2, -0.15) is 4.72 Å². The van der Waals surface area contributed by atoms with E-state index in [0.29, 0.717) is 29.8 Å². The number of amides is 2. The van der Waals surface area contributed by atoms with Crippen LogP contribution in [0.4, 0.5) is 11.4 Å². The molecular weight excluding hydrogens is 438 g/mol. The molecule has 3 aromatic rings. The molecule has 8 heteroatoms. The Hall–Kier alpha value is -3.49. The molecule has 4 rings (SSSR count). The molecule has 1 atom stereocenters. The smallest absolute Gasteiger partial charge is 0.247 e. The van der Waals surface area contributed by atoms with E-state index in [4.69, 9.17) is 0 Å². The number of carbonyl (C=O) groups is 2. The maximum absolute atomic E-state index is 13.3.